The topological polar surface area (TPSA) is 188 Å². The zero-order chi connectivity index (χ0) is 37.2. The Kier molecular flexibility index (Phi) is 10.5. The highest BCUT2D eigenvalue weighted by Gasteiger charge is 2.28. The summed E-state index contributed by atoms with van der Waals surface area (Å²) in [7, 11) is 0. The maximum atomic E-state index is 12.2. The van der Waals surface area contributed by atoms with Gasteiger partial charge in [0.15, 0.2) is 0 Å². The third-order valence-corrected chi connectivity index (χ3v) is 8.90. The second-order valence-corrected chi connectivity index (χ2v) is 13.9. The second kappa shape index (κ2) is 14.6. The van der Waals surface area contributed by atoms with Crippen molar-refractivity contribution in [3.63, 3.8) is 0 Å². The molecule has 268 valence electrons. The maximum Gasteiger partial charge on any atom is 0.270 e. The fourth-order valence-electron chi connectivity index (χ4n) is 6.39. The van der Waals surface area contributed by atoms with Crippen LogP contribution in [0, 0.1) is 30.3 Å². The highest BCUT2D eigenvalue weighted by molar-refractivity contribution is 5.61. The molecule has 51 heavy (non-hydrogen) atoms. The molecule has 0 atom stereocenters. The van der Waals surface area contributed by atoms with Gasteiger partial charge in [-0.1, -0.05) is 46.8 Å². The number of benzene rings is 4. The predicted octanol–water partition coefficient (Wildman–Crippen LogP) is 8.37. The van der Waals surface area contributed by atoms with Crippen LogP contribution in [0.5, 0.6) is 23.0 Å². The number of phenols is 2. The average Bonchev–Trinajstić information content (AvgIpc) is 3.05. The van der Waals surface area contributed by atoms with Gasteiger partial charge < -0.3 is 19.7 Å². The molecule has 2 N–H and O–H groups in total. The molecule has 8 bridgehead atoms. The van der Waals surface area contributed by atoms with Crippen molar-refractivity contribution in [2.45, 2.75) is 78.6 Å². The fraction of sp³-hybridized carbons (Fsp3) is 0.368. The molecule has 0 fully saturated rings. The van der Waals surface area contributed by atoms with Crippen molar-refractivity contribution in [1.29, 1.82) is 0 Å². The number of rotatable bonds is 9. The number of aromatic hydroxyl groups is 2. The molecule has 0 spiro atoms. The van der Waals surface area contributed by atoms with Gasteiger partial charge in [-0.15, -0.1) is 0 Å². The quantitative estimate of drug-likeness (QED) is 0.112. The standard InChI is InChI=1S/C38H41N3O10/c1-6-8-50-36-26-10-22-16-31(39(44)45)18-24(34(22)42)12-28-20-33(41(48)49)21-29(37(28)51-9-7-2)13-25-19-32(40(46)47)17-23(35(25)43)11-27(36)15-30(14-26)38(3,4)5/h14-21,42-43H,6-13H2,1-5H3. The third kappa shape index (κ3) is 7.87. The summed E-state index contributed by atoms with van der Waals surface area (Å²) in [5, 5.41) is 60.1. The number of hydrogen-bond donors (Lipinski definition) is 2. The van der Waals surface area contributed by atoms with Crippen molar-refractivity contribution < 1.29 is 34.5 Å². The molecule has 13 heteroatoms. The van der Waals surface area contributed by atoms with Crippen LogP contribution in [0.4, 0.5) is 17.1 Å². The molecule has 5 rings (SSSR count). The minimum absolute atomic E-state index is 0.0159. The van der Waals surface area contributed by atoms with Crippen molar-refractivity contribution >= 4 is 17.1 Å². The van der Waals surface area contributed by atoms with Crippen LogP contribution in [0.25, 0.3) is 0 Å². The molecule has 0 radical (unpaired) electrons. The van der Waals surface area contributed by atoms with Crippen molar-refractivity contribution in [3.05, 3.63) is 129 Å². The van der Waals surface area contributed by atoms with E-state index in [0.717, 1.165) is 5.56 Å². The minimum Gasteiger partial charge on any atom is -0.507 e. The summed E-state index contributed by atoms with van der Waals surface area (Å²) >= 11 is 0. The first-order valence-electron chi connectivity index (χ1n) is 16.8. The van der Waals surface area contributed by atoms with Crippen LogP contribution >= 0.6 is 0 Å². The van der Waals surface area contributed by atoms with E-state index in [9.17, 15) is 40.6 Å². The molecular formula is C38H41N3O10. The Morgan fingerprint density at radius 1 is 0.549 bits per heavy atom. The van der Waals surface area contributed by atoms with Crippen LogP contribution < -0.4 is 9.47 Å². The predicted molar refractivity (Wildman–Crippen MR) is 191 cm³/mol. The first kappa shape index (κ1) is 36.6. The van der Waals surface area contributed by atoms with Crippen molar-refractivity contribution in [3.8, 4) is 23.0 Å². The summed E-state index contributed by atoms with van der Waals surface area (Å²) in [4.78, 5) is 34.9. The highest BCUT2D eigenvalue weighted by Crippen LogP contribution is 2.43. The molecule has 0 heterocycles. The second-order valence-electron chi connectivity index (χ2n) is 13.9. The van der Waals surface area contributed by atoms with E-state index in [0.29, 0.717) is 36.3 Å². The molecule has 4 aromatic carbocycles. The molecule has 13 nitrogen and oxygen atoms in total. The molecule has 0 aromatic heterocycles. The van der Waals surface area contributed by atoms with Gasteiger partial charge in [-0.25, -0.2) is 0 Å². The summed E-state index contributed by atoms with van der Waals surface area (Å²) in [6.07, 6.45) is 0.916. The Bertz CT molecular complexity index is 1920. The first-order valence-corrected chi connectivity index (χ1v) is 16.8. The van der Waals surface area contributed by atoms with Crippen molar-refractivity contribution in [2.24, 2.45) is 0 Å². The van der Waals surface area contributed by atoms with Gasteiger partial charge in [0.1, 0.15) is 23.0 Å². The fourth-order valence-corrected chi connectivity index (χ4v) is 6.39. The lowest BCUT2D eigenvalue weighted by molar-refractivity contribution is -0.385. The molecule has 0 saturated heterocycles. The van der Waals surface area contributed by atoms with E-state index in [-0.39, 0.29) is 105 Å². The van der Waals surface area contributed by atoms with E-state index in [2.05, 4.69) is 0 Å². The summed E-state index contributed by atoms with van der Waals surface area (Å²) < 4.78 is 12.5. The van der Waals surface area contributed by atoms with Crippen LogP contribution in [0.15, 0.2) is 48.5 Å². The lowest BCUT2D eigenvalue weighted by Crippen LogP contribution is -2.14. The normalized spacial score (nSPS) is 12.6. The SMILES string of the molecule is CCCOc1c2cc([N+](=O)[O-])cc1Cc1cc([N+](=O)[O-])cc(c1O)Cc1cc(C(C)(C)C)cc(c1OCCC)Cc1cc([N+](=O)[O-])cc(c1O)C2. The van der Waals surface area contributed by atoms with Crippen LogP contribution in [-0.4, -0.2) is 38.2 Å². The van der Waals surface area contributed by atoms with Crippen molar-refractivity contribution in [2.75, 3.05) is 13.2 Å². The van der Waals surface area contributed by atoms with Gasteiger partial charge in [-0.2, -0.15) is 0 Å². The third-order valence-electron chi connectivity index (χ3n) is 8.90. The Hall–Kier alpha value is -5.72. The number of ether oxygens (including phenoxy) is 2. The number of nitrogens with zero attached hydrogens (tertiary/aromatic N) is 3. The Balaban J connectivity index is 1.91. The smallest absolute Gasteiger partial charge is 0.270 e. The molecule has 0 unspecified atom stereocenters. The Morgan fingerprint density at radius 2 is 0.824 bits per heavy atom. The van der Waals surface area contributed by atoms with Crippen LogP contribution in [0.3, 0.4) is 0 Å². The number of nitro groups is 3. The van der Waals surface area contributed by atoms with Crippen LogP contribution in [-0.2, 0) is 31.1 Å². The van der Waals surface area contributed by atoms with Crippen molar-refractivity contribution in [1.82, 2.24) is 0 Å². The van der Waals surface area contributed by atoms with Gasteiger partial charge in [0.25, 0.3) is 17.1 Å². The summed E-state index contributed by atoms with van der Waals surface area (Å²) in [5.41, 5.74) is 2.23. The summed E-state index contributed by atoms with van der Waals surface area (Å²) in [5.74, 6) is 0.271. The molecular weight excluding hydrogens is 658 g/mol. The molecule has 4 aromatic rings. The zero-order valence-corrected chi connectivity index (χ0v) is 29.3. The van der Waals surface area contributed by atoms with E-state index in [4.69, 9.17) is 9.47 Å². The van der Waals surface area contributed by atoms with E-state index >= 15 is 0 Å². The molecule has 1 aliphatic carbocycles. The lowest BCUT2D eigenvalue weighted by Gasteiger charge is -2.25. The average molecular weight is 700 g/mol. The van der Waals surface area contributed by atoms with Gasteiger partial charge in [0, 0.05) is 95.5 Å². The van der Waals surface area contributed by atoms with E-state index in [1.54, 1.807) is 0 Å². The van der Waals surface area contributed by atoms with E-state index < -0.39 is 14.8 Å². The molecule has 0 amide bonds. The number of nitro benzene ring substituents is 3. The summed E-state index contributed by atoms with van der Waals surface area (Å²) in [6.45, 7) is 10.4. The van der Waals surface area contributed by atoms with Gasteiger partial charge in [0.05, 0.1) is 28.0 Å². The lowest BCUT2D eigenvalue weighted by atomic mass is 9.82. The number of hydrogen-bond acceptors (Lipinski definition) is 10. The monoisotopic (exact) mass is 699 g/mol. The summed E-state index contributed by atoms with van der Waals surface area (Å²) in [6, 6.07) is 11.5. The van der Waals surface area contributed by atoms with E-state index in [1.807, 2.05) is 46.8 Å². The molecule has 0 saturated carbocycles. The minimum atomic E-state index is -0.594. The van der Waals surface area contributed by atoms with Crippen LogP contribution in [0.1, 0.15) is 97.5 Å². The van der Waals surface area contributed by atoms with Crippen LogP contribution in [0.2, 0.25) is 0 Å². The highest BCUT2D eigenvalue weighted by atomic mass is 16.6. The number of fused-ring (bicyclic) bond motifs is 8. The van der Waals surface area contributed by atoms with Gasteiger partial charge in [0.2, 0.25) is 0 Å². The Labute approximate surface area is 294 Å². The van der Waals surface area contributed by atoms with Gasteiger partial charge in [-0.05, 0) is 34.9 Å². The number of phenolic OH excluding ortho intramolecular Hbond substituents is 2. The number of non-ortho nitro benzene ring substituents is 3. The van der Waals surface area contributed by atoms with Gasteiger partial charge in [-0.3, -0.25) is 30.3 Å². The maximum absolute atomic E-state index is 12.2. The molecule has 0 aliphatic heterocycles. The zero-order valence-electron chi connectivity index (χ0n) is 29.3. The Morgan fingerprint density at radius 3 is 1.08 bits per heavy atom. The largest absolute Gasteiger partial charge is 0.507 e. The molecule has 1 aliphatic rings. The van der Waals surface area contributed by atoms with Gasteiger partial charge >= 0.3 is 0 Å². The van der Waals surface area contributed by atoms with E-state index in [1.165, 1.54) is 36.4 Å². The first-order chi connectivity index (χ1) is 24.1.